The van der Waals surface area contributed by atoms with E-state index in [-0.39, 0.29) is 28.9 Å². The summed E-state index contributed by atoms with van der Waals surface area (Å²) in [5, 5.41) is 11.4. The molecule has 7 heteroatoms. The number of nitrogens with zero attached hydrogens (tertiary/aromatic N) is 1. The van der Waals surface area contributed by atoms with E-state index in [1.165, 1.54) is 18.3 Å². The van der Waals surface area contributed by atoms with E-state index in [0.717, 1.165) is 12.8 Å². The van der Waals surface area contributed by atoms with E-state index in [1.54, 1.807) is 5.38 Å². The third-order valence-corrected chi connectivity index (χ3v) is 4.30. The SMILES string of the molecule is CC(=O)Nc1nc(C(=O)NC2CC(C)(C)NC(C)(C)C2)cs1. The fraction of sp³-hybridized carbons (Fsp3) is 0.667. The molecule has 6 nitrogen and oxygen atoms in total. The maximum absolute atomic E-state index is 12.3. The van der Waals surface area contributed by atoms with Gasteiger partial charge in [-0.15, -0.1) is 11.3 Å². The van der Waals surface area contributed by atoms with Gasteiger partial charge >= 0.3 is 0 Å². The summed E-state index contributed by atoms with van der Waals surface area (Å²) in [5.41, 5.74) is 0.301. The van der Waals surface area contributed by atoms with Crippen molar-refractivity contribution >= 4 is 28.3 Å². The number of anilines is 1. The third kappa shape index (κ3) is 4.51. The summed E-state index contributed by atoms with van der Waals surface area (Å²) in [6.07, 6.45) is 1.73. The quantitative estimate of drug-likeness (QED) is 0.795. The molecule has 1 aromatic rings. The molecule has 1 saturated heterocycles. The van der Waals surface area contributed by atoms with Gasteiger partial charge in [-0.05, 0) is 40.5 Å². The lowest BCUT2D eigenvalue weighted by Crippen LogP contribution is -2.62. The Morgan fingerprint density at radius 1 is 1.27 bits per heavy atom. The highest BCUT2D eigenvalue weighted by Gasteiger charge is 2.38. The number of piperidine rings is 1. The van der Waals surface area contributed by atoms with Crippen molar-refractivity contribution < 1.29 is 9.59 Å². The molecule has 0 atom stereocenters. The van der Waals surface area contributed by atoms with Gasteiger partial charge in [-0.1, -0.05) is 0 Å². The first-order valence-electron chi connectivity index (χ1n) is 7.40. The van der Waals surface area contributed by atoms with Gasteiger partial charge in [0.2, 0.25) is 5.91 Å². The van der Waals surface area contributed by atoms with Crippen LogP contribution in [0.1, 0.15) is 57.9 Å². The van der Waals surface area contributed by atoms with Crippen LogP contribution in [0.2, 0.25) is 0 Å². The summed E-state index contributed by atoms with van der Waals surface area (Å²) in [5.74, 6) is -0.380. The molecule has 0 bridgehead atoms. The van der Waals surface area contributed by atoms with E-state index in [0.29, 0.717) is 10.8 Å². The van der Waals surface area contributed by atoms with Crippen LogP contribution in [0.25, 0.3) is 0 Å². The number of amides is 2. The van der Waals surface area contributed by atoms with Gasteiger partial charge in [0.05, 0.1) is 0 Å². The smallest absolute Gasteiger partial charge is 0.271 e. The standard InChI is InChI=1S/C15H24N4O2S/c1-9(20)16-13-18-11(8-22-13)12(21)17-10-6-14(2,3)19-15(4,5)7-10/h8,10,19H,6-7H2,1-5H3,(H,17,21)(H,16,18,20). The summed E-state index contributed by atoms with van der Waals surface area (Å²) in [6, 6.07) is 0.102. The van der Waals surface area contributed by atoms with Crippen LogP contribution in [-0.4, -0.2) is 33.9 Å². The third-order valence-electron chi connectivity index (χ3n) is 3.55. The number of aromatic nitrogens is 1. The topological polar surface area (TPSA) is 83.1 Å². The highest BCUT2D eigenvalue weighted by Crippen LogP contribution is 2.28. The Hall–Kier alpha value is -1.47. The number of hydrogen-bond acceptors (Lipinski definition) is 5. The molecule has 3 N–H and O–H groups in total. The van der Waals surface area contributed by atoms with Crippen LogP contribution in [0.3, 0.4) is 0 Å². The lowest BCUT2D eigenvalue weighted by Gasteiger charge is -2.46. The Morgan fingerprint density at radius 3 is 2.41 bits per heavy atom. The Balaban J connectivity index is 2.02. The van der Waals surface area contributed by atoms with Crippen LogP contribution < -0.4 is 16.0 Å². The highest BCUT2D eigenvalue weighted by molar-refractivity contribution is 7.14. The first-order chi connectivity index (χ1) is 10.1. The summed E-state index contributed by atoms with van der Waals surface area (Å²) >= 11 is 1.25. The van der Waals surface area contributed by atoms with Gasteiger partial charge in [0, 0.05) is 29.4 Å². The van der Waals surface area contributed by atoms with E-state index in [1.807, 2.05) is 0 Å². The van der Waals surface area contributed by atoms with E-state index >= 15 is 0 Å². The molecule has 2 amide bonds. The highest BCUT2D eigenvalue weighted by atomic mass is 32.1. The fourth-order valence-corrected chi connectivity index (χ4v) is 4.01. The first kappa shape index (κ1) is 16.9. The normalized spacial score (nSPS) is 20.4. The largest absolute Gasteiger partial charge is 0.348 e. The predicted molar refractivity (Wildman–Crippen MR) is 88.2 cm³/mol. The molecule has 0 aromatic carbocycles. The van der Waals surface area contributed by atoms with Crippen molar-refractivity contribution in [3.05, 3.63) is 11.1 Å². The average molecular weight is 324 g/mol. The van der Waals surface area contributed by atoms with Gasteiger partial charge in [-0.25, -0.2) is 4.98 Å². The molecule has 0 unspecified atom stereocenters. The van der Waals surface area contributed by atoms with Crippen LogP contribution in [0.4, 0.5) is 5.13 Å². The Labute approximate surface area is 135 Å². The molecule has 0 saturated carbocycles. The molecule has 0 radical (unpaired) electrons. The van der Waals surface area contributed by atoms with Crippen LogP contribution in [0, 0.1) is 0 Å². The number of rotatable bonds is 3. The zero-order chi connectivity index (χ0) is 16.5. The summed E-state index contributed by atoms with van der Waals surface area (Å²) in [6.45, 7) is 9.99. The average Bonchev–Trinajstić information content (AvgIpc) is 2.71. The fourth-order valence-electron chi connectivity index (χ4n) is 3.27. The second kappa shape index (κ2) is 5.96. The van der Waals surface area contributed by atoms with Crippen molar-refractivity contribution in [1.29, 1.82) is 0 Å². The van der Waals surface area contributed by atoms with E-state index in [2.05, 4.69) is 48.6 Å². The van der Waals surface area contributed by atoms with Crippen molar-refractivity contribution in [2.45, 2.75) is 64.6 Å². The molecule has 2 heterocycles. The lowest BCUT2D eigenvalue weighted by atomic mass is 9.79. The Bertz CT molecular complexity index is 564. The van der Waals surface area contributed by atoms with Crippen LogP contribution in [-0.2, 0) is 4.79 Å². The van der Waals surface area contributed by atoms with E-state index in [4.69, 9.17) is 0 Å². The van der Waals surface area contributed by atoms with Gasteiger partial charge < -0.3 is 16.0 Å². The molecule has 1 aliphatic rings. The number of nitrogens with one attached hydrogen (secondary N) is 3. The Kier molecular flexibility index (Phi) is 4.58. The molecule has 2 rings (SSSR count). The Morgan fingerprint density at radius 2 is 1.86 bits per heavy atom. The molecule has 22 heavy (non-hydrogen) atoms. The number of hydrogen-bond donors (Lipinski definition) is 3. The van der Waals surface area contributed by atoms with Gasteiger partial charge in [0.15, 0.2) is 5.13 Å². The van der Waals surface area contributed by atoms with Crippen molar-refractivity contribution in [3.63, 3.8) is 0 Å². The van der Waals surface area contributed by atoms with Crippen molar-refractivity contribution in [1.82, 2.24) is 15.6 Å². The summed E-state index contributed by atoms with van der Waals surface area (Å²) < 4.78 is 0. The first-order valence-corrected chi connectivity index (χ1v) is 8.28. The van der Waals surface area contributed by atoms with Gasteiger partial charge in [0.1, 0.15) is 5.69 Å². The van der Waals surface area contributed by atoms with Crippen LogP contribution >= 0.6 is 11.3 Å². The second-order valence-electron chi connectivity index (χ2n) is 7.19. The molecule has 0 spiro atoms. The molecular formula is C15H24N4O2S. The molecule has 1 aromatic heterocycles. The second-order valence-corrected chi connectivity index (χ2v) is 8.05. The molecule has 1 fully saturated rings. The number of thiazole rings is 1. The molecule has 122 valence electrons. The van der Waals surface area contributed by atoms with Gasteiger partial charge in [0.25, 0.3) is 5.91 Å². The monoisotopic (exact) mass is 324 g/mol. The summed E-state index contributed by atoms with van der Waals surface area (Å²) in [7, 11) is 0. The molecule has 1 aliphatic heterocycles. The zero-order valence-corrected chi connectivity index (χ0v) is 14.6. The minimum absolute atomic E-state index is 0.0247. The van der Waals surface area contributed by atoms with Crippen LogP contribution in [0.15, 0.2) is 5.38 Å². The maximum atomic E-state index is 12.3. The van der Waals surface area contributed by atoms with Crippen LogP contribution in [0.5, 0.6) is 0 Å². The zero-order valence-electron chi connectivity index (χ0n) is 13.7. The van der Waals surface area contributed by atoms with Crippen molar-refractivity contribution in [2.75, 3.05) is 5.32 Å². The van der Waals surface area contributed by atoms with Gasteiger partial charge in [-0.3, -0.25) is 9.59 Å². The maximum Gasteiger partial charge on any atom is 0.271 e. The van der Waals surface area contributed by atoms with Crippen molar-refractivity contribution in [3.8, 4) is 0 Å². The van der Waals surface area contributed by atoms with E-state index in [9.17, 15) is 9.59 Å². The number of carbonyl (C=O) groups is 2. The minimum Gasteiger partial charge on any atom is -0.348 e. The molecular weight excluding hydrogens is 300 g/mol. The van der Waals surface area contributed by atoms with Crippen molar-refractivity contribution in [2.24, 2.45) is 0 Å². The van der Waals surface area contributed by atoms with E-state index < -0.39 is 0 Å². The lowest BCUT2D eigenvalue weighted by molar-refractivity contribution is -0.114. The summed E-state index contributed by atoms with van der Waals surface area (Å²) in [4.78, 5) is 27.5. The minimum atomic E-state index is -0.192. The number of carbonyl (C=O) groups excluding carboxylic acids is 2. The van der Waals surface area contributed by atoms with Gasteiger partial charge in [-0.2, -0.15) is 0 Å². The predicted octanol–water partition coefficient (Wildman–Crippen LogP) is 2.14. The molecule has 0 aliphatic carbocycles.